The molecule has 10 heteroatoms. The van der Waals surface area contributed by atoms with E-state index in [1.54, 1.807) is 0 Å². The van der Waals surface area contributed by atoms with Crippen LogP contribution in [0.3, 0.4) is 0 Å². The number of alkyl halides is 6. The van der Waals surface area contributed by atoms with Gasteiger partial charge in [-0.15, -0.1) is 0 Å². The Kier molecular flexibility index (Phi) is 3.34. The van der Waals surface area contributed by atoms with E-state index in [1.165, 1.54) is 0 Å². The van der Waals surface area contributed by atoms with Crippen LogP contribution in [0.4, 0.5) is 26.3 Å². The molecule has 0 spiro atoms. The second-order valence-corrected chi connectivity index (χ2v) is 6.26. The van der Waals surface area contributed by atoms with Gasteiger partial charge >= 0.3 is 12.4 Å². The van der Waals surface area contributed by atoms with Crippen molar-refractivity contribution in [2.24, 2.45) is 0 Å². The zero-order chi connectivity index (χ0) is 19.0. The summed E-state index contributed by atoms with van der Waals surface area (Å²) in [6, 6.07) is 0.890. The highest BCUT2D eigenvalue weighted by Crippen LogP contribution is 2.58. The number of benzene rings is 1. The number of aromatic hydroxyl groups is 2. The van der Waals surface area contributed by atoms with Gasteiger partial charge < -0.3 is 14.9 Å². The molecule has 2 aliphatic heterocycles. The minimum Gasteiger partial charge on any atom is -0.494 e. The predicted molar refractivity (Wildman–Crippen MR) is 74.9 cm³/mol. The molecule has 2 N–H and O–H groups in total. The van der Waals surface area contributed by atoms with Gasteiger partial charge in [0.25, 0.3) is 0 Å². The molecule has 2 aliphatic rings. The molecule has 3 heterocycles. The van der Waals surface area contributed by atoms with Crippen LogP contribution in [0.5, 0.6) is 11.8 Å². The fourth-order valence-electron chi connectivity index (χ4n) is 3.59. The van der Waals surface area contributed by atoms with Crippen LogP contribution >= 0.6 is 0 Å². The van der Waals surface area contributed by atoms with Crippen LogP contribution in [0.1, 0.15) is 47.3 Å². The molecule has 1 aromatic carbocycles. The molecule has 2 atom stereocenters. The van der Waals surface area contributed by atoms with Crippen molar-refractivity contribution >= 4 is 0 Å². The van der Waals surface area contributed by atoms with Crippen molar-refractivity contribution < 1.29 is 41.3 Å². The van der Waals surface area contributed by atoms with Crippen molar-refractivity contribution in [3.63, 3.8) is 0 Å². The Morgan fingerprint density at radius 3 is 1.62 bits per heavy atom. The highest BCUT2D eigenvalue weighted by Gasteiger charge is 2.46. The molecule has 26 heavy (non-hydrogen) atoms. The highest BCUT2D eigenvalue weighted by molar-refractivity contribution is 5.58. The summed E-state index contributed by atoms with van der Waals surface area (Å²) >= 11 is 0. The summed E-state index contributed by atoms with van der Waals surface area (Å²) < 4.78 is 84.3. The molecule has 1 fully saturated rings. The van der Waals surface area contributed by atoms with Crippen molar-refractivity contribution in [1.82, 2.24) is 4.57 Å². The fourth-order valence-corrected chi connectivity index (χ4v) is 3.59. The first kappa shape index (κ1) is 17.1. The van der Waals surface area contributed by atoms with E-state index in [9.17, 15) is 36.6 Å². The second-order valence-electron chi connectivity index (χ2n) is 6.26. The van der Waals surface area contributed by atoms with Crippen molar-refractivity contribution in [2.75, 3.05) is 0 Å². The second kappa shape index (κ2) is 5.09. The van der Waals surface area contributed by atoms with Crippen molar-refractivity contribution in [3.05, 3.63) is 40.5 Å². The van der Waals surface area contributed by atoms with E-state index in [-0.39, 0.29) is 17.2 Å². The summed E-state index contributed by atoms with van der Waals surface area (Å²) in [5, 5.41) is 20.7. The van der Waals surface area contributed by atoms with E-state index >= 15 is 0 Å². The topological polar surface area (TPSA) is 54.6 Å². The monoisotopic (exact) mass is 379 g/mol. The van der Waals surface area contributed by atoms with E-state index in [4.69, 9.17) is 4.74 Å². The number of rotatable bonds is 1. The molecule has 1 aromatic heterocycles. The molecule has 1 saturated heterocycles. The van der Waals surface area contributed by atoms with Gasteiger partial charge in [0.1, 0.15) is 0 Å². The normalized spacial score (nSPS) is 22.1. The standard InChI is InChI=1S/C16H11F6NO3/c17-15(18,19)6-3-7(16(20,21)22)5-8(4-6)23-13(24)11-9-1-2-10(26-9)12(11)14(23)25/h3-5,9-10,24-25H,1-2H2/t9-,10?/m1/s1. The first-order chi connectivity index (χ1) is 12.0. The largest absolute Gasteiger partial charge is 0.494 e. The lowest BCUT2D eigenvalue weighted by atomic mass is 9.95. The molecule has 140 valence electrons. The lowest BCUT2D eigenvalue weighted by molar-refractivity contribution is -0.143. The van der Waals surface area contributed by atoms with Gasteiger partial charge in [0.2, 0.25) is 11.8 Å². The van der Waals surface area contributed by atoms with Crippen LogP contribution in [0.25, 0.3) is 5.69 Å². The van der Waals surface area contributed by atoms with Crippen LogP contribution in [-0.2, 0) is 17.1 Å². The van der Waals surface area contributed by atoms with E-state index in [0.717, 1.165) is 0 Å². The number of aromatic nitrogens is 1. The molecule has 2 bridgehead atoms. The zero-order valence-corrected chi connectivity index (χ0v) is 12.8. The molecule has 4 nitrogen and oxygen atoms in total. The van der Waals surface area contributed by atoms with Gasteiger partial charge in [0.15, 0.2) is 0 Å². The van der Waals surface area contributed by atoms with Gasteiger partial charge in [-0.1, -0.05) is 0 Å². The number of hydrogen-bond acceptors (Lipinski definition) is 3. The Labute approximate surface area is 142 Å². The predicted octanol–water partition coefficient (Wildman–Crippen LogP) is 4.83. The van der Waals surface area contributed by atoms with Gasteiger partial charge in [0, 0.05) is 0 Å². The molecular weight excluding hydrogens is 368 g/mol. The first-order valence-electron chi connectivity index (χ1n) is 7.60. The SMILES string of the molecule is Oc1c2c(c(O)n1-c1cc(C(F)(F)F)cc(C(F)(F)F)c1)[C@H]1CCC2O1. The summed E-state index contributed by atoms with van der Waals surface area (Å²) in [5.41, 5.74) is -3.27. The Balaban J connectivity index is 1.95. The van der Waals surface area contributed by atoms with E-state index in [2.05, 4.69) is 0 Å². The first-order valence-corrected chi connectivity index (χ1v) is 7.60. The quantitative estimate of drug-likeness (QED) is 0.698. The minimum atomic E-state index is -5.03. The maximum atomic E-state index is 13.0. The summed E-state index contributed by atoms with van der Waals surface area (Å²) in [7, 11) is 0. The highest BCUT2D eigenvalue weighted by atomic mass is 19.4. The van der Waals surface area contributed by atoms with Crippen molar-refractivity contribution in [2.45, 2.75) is 37.4 Å². The molecule has 0 radical (unpaired) electrons. The summed E-state index contributed by atoms with van der Waals surface area (Å²) in [6.07, 6.45) is -10.0. The maximum Gasteiger partial charge on any atom is 0.416 e. The molecule has 0 aliphatic carbocycles. The summed E-state index contributed by atoms with van der Waals surface area (Å²) in [6.45, 7) is 0. The maximum absolute atomic E-state index is 13.0. The average Bonchev–Trinajstić information content (AvgIpc) is 3.19. The van der Waals surface area contributed by atoms with Gasteiger partial charge in [-0.3, -0.25) is 4.57 Å². The van der Waals surface area contributed by atoms with E-state index in [0.29, 0.717) is 29.5 Å². The average molecular weight is 379 g/mol. The number of fused-ring (bicyclic) bond motifs is 5. The Bertz CT molecular complexity index is 833. The van der Waals surface area contributed by atoms with Gasteiger partial charge in [0.05, 0.1) is 40.1 Å². The van der Waals surface area contributed by atoms with Crippen molar-refractivity contribution in [1.29, 1.82) is 0 Å². The van der Waals surface area contributed by atoms with E-state index < -0.39 is 53.1 Å². The van der Waals surface area contributed by atoms with Gasteiger partial charge in [-0.05, 0) is 31.0 Å². The van der Waals surface area contributed by atoms with E-state index in [1.807, 2.05) is 0 Å². The van der Waals surface area contributed by atoms with Crippen LogP contribution in [0, 0.1) is 0 Å². The lowest BCUT2D eigenvalue weighted by Gasteiger charge is -2.16. The number of nitrogens with zero attached hydrogens (tertiary/aromatic N) is 1. The Morgan fingerprint density at radius 2 is 1.23 bits per heavy atom. The van der Waals surface area contributed by atoms with Gasteiger partial charge in [-0.2, -0.15) is 26.3 Å². The van der Waals surface area contributed by atoms with Gasteiger partial charge in [-0.25, -0.2) is 0 Å². The van der Waals surface area contributed by atoms with Crippen LogP contribution < -0.4 is 0 Å². The van der Waals surface area contributed by atoms with Crippen LogP contribution in [0.2, 0.25) is 0 Å². The molecule has 0 amide bonds. The third-order valence-corrected chi connectivity index (χ3v) is 4.69. The molecule has 2 aromatic rings. The minimum absolute atomic E-state index is 0.0123. The molecule has 1 unspecified atom stereocenters. The fraction of sp³-hybridized carbons (Fsp3) is 0.375. The van der Waals surface area contributed by atoms with Crippen LogP contribution in [0.15, 0.2) is 18.2 Å². The lowest BCUT2D eigenvalue weighted by Crippen LogP contribution is -2.12. The van der Waals surface area contributed by atoms with Crippen molar-refractivity contribution in [3.8, 4) is 17.4 Å². The molecular formula is C16H11F6NO3. The third-order valence-electron chi connectivity index (χ3n) is 4.69. The number of halogens is 6. The van der Waals surface area contributed by atoms with Crippen LogP contribution in [-0.4, -0.2) is 14.8 Å². The number of hydrogen-bond donors (Lipinski definition) is 2. The smallest absolute Gasteiger partial charge is 0.416 e. The number of ether oxygens (including phenoxy) is 1. The summed E-state index contributed by atoms with van der Waals surface area (Å²) in [4.78, 5) is 0. The molecule has 4 rings (SSSR count). The zero-order valence-electron chi connectivity index (χ0n) is 12.8. The molecule has 0 saturated carbocycles. The summed E-state index contributed by atoms with van der Waals surface area (Å²) in [5.74, 6) is -1.23. The Morgan fingerprint density at radius 1 is 0.808 bits per heavy atom. The Hall–Kier alpha value is -2.36. The third kappa shape index (κ3) is 2.35.